The highest BCUT2D eigenvalue weighted by atomic mass is 32.1. The zero-order chi connectivity index (χ0) is 17.2. The van der Waals surface area contributed by atoms with Gasteiger partial charge in [0.15, 0.2) is 5.76 Å². The predicted molar refractivity (Wildman–Crippen MR) is 104 cm³/mol. The lowest BCUT2D eigenvalue weighted by atomic mass is 10.1. The van der Waals surface area contributed by atoms with Gasteiger partial charge < -0.3 is 4.42 Å². The van der Waals surface area contributed by atoms with Crippen molar-refractivity contribution in [3.05, 3.63) is 71.3 Å². The number of hydrazone groups is 1. The van der Waals surface area contributed by atoms with E-state index in [1.807, 2.05) is 42.6 Å². The second-order valence-electron chi connectivity index (χ2n) is 5.86. The average molecular weight is 347 g/mol. The first-order chi connectivity index (χ1) is 12.2. The van der Waals surface area contributed by atoms with E-state index >= 15 is 0 Å². The van der Waals surface area contributed by atoms with Crippen LogP contribution in [0.1, 0.15) is 18.2 Å². The van der Waals surface area contributed by atoms with Crippen LogP contribution >= 0.6 is 11.3 Å². The molecule has 4 aromatic rings. The molecule has 124 valence electrons. The monoisotopic (exact) mass is 347 g/mol. The number of hydrogen-bond acceptors (Lipinski definition) is 5. The van der Waals surface area contributed by atoms with Gasteiger partial charge >= 0.3 is 0 Å². The number of nitrogens with one attached hydrogen (secondary N) is 1. The van der Waals surface area contributed by atoms with E-state index in [1.165, 1.54) is 16.9 Å². The molecule has 0 aliphatic rings. The van der Waals surface area contributed by atoms with Crippen LogP contribution in [0.25, 0.3) is 22.2 Å². The third-order valence-electron chi connectivity index (χ3n) is 3.95. The van der Waals surface area contributed by atoms with E-state index in [9.17, 15) is 0 Å². The number of rotatable bonds is 4. The van der Waals surface area contributed by atoms with E-state index in [1.54, 1.807) is 0 Å². The van der Waals surface area contributed by atoms with E-state index in [0.717, 1.165) is 38.8 Å². The lowest BCUT2D eigenvalue weighted by molar-refractivity contribution is 0.604. The molecule has 1 N–H and O–H groups in total. The van der Waals surface area contributed by atoms with Crippen LogP contribution in [-0.2, 0) is 0 Å². The Morgan fingerprint density at radius 1 is 1.12 bits per heavy atom. The SMILES string of the molecule is C/C(=N\Nc1nc(-c2ccc(C)cc2)cs1)c1cc2ccccc2o1. The summed E-state index contributed by atoms with van der Waals surface area (Å²) in [5.74, 6) is 0.754. The lowest BCUT2D eigenvalue weighted by Gasteiger charge is -1.98. The van der Waals surface area contributed by atoms with Gasteiger partial charge in [-0.15, -0.1) is 11.3 Å². The molecule has 0 radical (unpaired) electrons. The summed E-state index contributed by atoms with van der Waals surface area (Å²) >= 11 is 1.53. The summed E-state index contributed by atoms with van der Waals surface area (Å²) in [4.78, 5) is 4.59. The number of para-hydroxylation sites is 1. The summed E-state index contributed by atoms with van der Waals surface area (Å²) < 4.78 is 5.82. The smallest absolute Gasteiger partial charge is 0.203 e. The first-order valence-electron chi connectivity index (χ1n) is 8.01. The molecule has 2 aromatic heterocycles. The molecule has 25 heavy (non-hydrogen) atoms. The van der Waals surface area contributed by atoms with E-state index < -0.39 is 0 Å². The fraction of sp³-hybridized carbons (Fsp3) is 0.100. The minimum atomic E-state index is 0.754. The molecule has 4 rings (SSSR count). The van der Waals surface area contributed by atoms with E-state index in [0.29, 0.717) is 0 Å². The Labute approximate surface area is 149 Å². The Kier molecular flexibility index (Phi) is 4.07. The highest BCUT2D eigenvalue weighted by molar-refractivity contribution is 7.14. The Hall–Kier alpha value is -2.92. The number of fused-ring (bicyclic) bond motifs is 1. The fourth-order valence-electron chi connectivity index (χ4n) is 2.53. The highest BCUT2D eigenvalue weighted by Gasteiger charge is 2.07. The lowest BCUT2D eigenvalue weighted by Crippen LogP contribution is -1.97. The molecule has 5 heteroatoms. The van der Waals surface area contributed by atoms with E-state index in [4.69, 9.17) is 4.42 Å². The summed E-state index contributed by atoms with van der Waals surface area (Å²) in [6, 6.07) is 18.3. The summed E-state index contributed by atoms with van der Waals surface area (Å²) in [5, 5.41) is 8.26. The normalized spacial score (nSPS) is 11.8. The molecule has 0 atom stereocenters. The topological polar surface area (TPSA) is 50.4 Å². The third-order valence-corrected chi connectivity index (χ3v) is 4.70. The zero-order valence-corrected chi connectivity index (χ0v) is 14.8. The van der Waals surface area contributed by atoms with Gasteiger partial charge in [-0.25, -0.2) is 4.98 Å². The van der Waals surface area contributed by atoms with Gasteiger partial charge in [-0.1, -0.05) is 48.0 Å². The third kappa shape index (κ3) is 3.32. The van der Waals surface area contributed by atoms with Crippen LogP contribution in [0.4, 0.5) is 5.13 Å². The van der Waals surface area contributed by atoms with Gasteiger partial charge in [-0.2, -0.15) is 5.10 Å². The molecule has 2 aromatic carbocycles. The maximum absolute atomic E-state index is 5.82. The van der Waals surface area contributed by atoms with Gasteiger partial charge in [0, 0.05) is 16.3 Å². The first kappa shape index (κ1) is 15.6. The van der Waals surface area contributed by atoms with Crippen LogP contribution in [0.2, 0.25) is 0 Å². The molecule has 0 aliphatic carbocycles. The quantitative estimate of drug-likeness (QED) is 0.380. The minimum Gasteiger partial charge on any atom is -0.455 e. The number of aromatic nitrogens is 1. The summed E-state index contributed by atoms with van der Waals surface area (Å²) in [7, 11) is 0. The Morgan fingerprint density at radius 3 is 2.72 bits per heavy atom. The maximum atomic E-state index is 5.82. The predicted octanol–water partition coefficient (Wildman–Crippen LogP) is 5.70. The van der Waals surface area contributed by atoms with Crippen molar-refractivity contribution in [3.63, 3.8) is 0 Å². The number of hydrogen-bond donors (Lipinski definition) is 1. The Balaban J connectivity index is 1.52. The van der Waals surface area contributed by atoms with Crippen LogP contribution < -0.4 is 5.43 Å². The molecule has 0 amide bonds. The van der Waals surface area contributed by atoms with Crippen LogP contribution in [-0.4, -0.2) is 10.7 Å². The molecule has 0 bridgehead atoms. The summed E-state index contributed by atoms with van der Waals surface area (Å²) in [6.07, 6.45) is 0. The maximum Gasteiger partial charge on any atom is 0.203 e. The van der Waals surface area contributed by atoms with Gasteiger partial charge in [0.1, 0.15) is 11.3 Å². The first-order valence-corrected chi connectivity index (χ1v) is 8.89. The highest BCUT2D eigenvalue weighted by Crippen LogP contribution is 2.25. The number of anilines is 1. The second-order valence-corrected chi connectivity index (χ2v) is 6.72. The summed E-state index contributed by atoms with van der Waals surface area (Å²) in [6.45, 7) is 3.99. The number of benzene rings is 2. The minimum absolute atomic E-state index is 0.754. The number of furan rings is 1. The van der Waals surface area contributed by atoms with Crippen molar-refractivity contribution in [3.8, 4) is 11.3 Å². The van der Waals surface area contributed by atoms with Crippen molar-refractivity contribution < 1.29 is 4.42 Å². The number of aryl methyl sites for hydroxylation is 1. The molecular formula is C20H17N3OS. The molecule has 0 saturated carbocycles. The molecule has 0 saturated heterocycles. The van der Waals surface area contributed by atoms with Gasteiger partial charge in [-0.05, 0) is 26.0 Å². The molecule has 4 nitrogen and oxygen atoms in total. The summed E-state index contributed by atoms with van der Waals surface area (Å²) in [5.41, 5.74) is 7.96. The van der Waals surface area contributed by atoms with Crippen LogP contribution in [0.5, 0.6) is 0 Å². The van der Waals surface area contributed by atoms with Crippen molar-refractivity contribution in [2.24, 2.45) is 5.10 Å². The molecule has 2 heterocycles. The van der Waals surface area contributed by atoms with Gasteiger partial charge in [-0.3, -0.25) is 5.43 Å². The van der Waals surface area contributed by atoms with Crippen LogP contribution in [0.15, 0.2) is 69.5 Å². The van der Waals surface area contributed by atoms with Crippen LogP contribution in [0.3, 0.4) is 0 Å². The number of nitrogens with zero attached hydrogens (tertiary/aromatic N) is 2. The standard InChI is InChI=1S/C20H17N3OS/c1-13-7-9-15(10-8-13)17-12-25-20(21-17)23-22-14(2)19-11-16-5-3-4-6-18(16)24-19/h3-12H,1-2H3,(H,21,23)/b22-14+. The van der Waals surface area contributed by atoms with E-state index in [-0.39, 0.29) is 0 Å². The largest absolute Gasteiger partial charge is 0.455 e. The second kappa shape index (κ2) is 6.53. The van der Waals surface area contributed by atoms with Crippen molar-refractivity contribution in [1.82, 2.24) is 4.98 Å². The molecule has 0 spiro atoms. The molecular weight excluding hydrogens is 330 g/mol. The molecule has 0 fully saturated rings. The number of thiazole rings is 1. The van der Waals surface area contributed by atoms with E-state index in [2.05, 4.69) is 46.7 Å². The average Bonchev–Trinajstić information content (AvgIpc) is 3.27. The Bertz CT molecular complexity index is 1010. The van der Waals surface area contributed by atoms with Gasteiger partial charge in [0.2, 0.25) is 5.13 Å². The van der Waals surface area contributed by atoms with Gasteiger partial charge in [0.25, 0.3) is 0 Å². The molecule has 0 unspecified atom stereocenters. The van der Waals surface area contributed by atoms with Crippen molar-refractivity contribution in [2.75, 3.05) is 5.43 Å². The van der Waals surface area contributed by atoms with Crippen molar-refractivity contribution >= 4 is 33.1 Å². The fourth-order valence-corrected chi connectivity index (χ4v) is 3.19. The van der Waals surface area contributed by atoms with Crippen LogP contribution in [0, 0.1) is 6.92 Å². The van der Waals surface area contributed by atoms with Gasteiger partial charge in [0.05, 0.1) is 5.69 Å². The zero-order valence-electron chi connectivity index (χ0n) is 14.0. The van der Waals surface area contributed by atoms with Crippen molar-refractivity contribution in [1.29, 1.82) is 0 Å². The van der Waals surface area contributed by atoms with Crippen molar-refractivity contribution in [2.45, 2.75) is 13.8 Å². The molecule has 0 aliphatic heterocycles. The Morgan fingerprint density at radius 2 is 1.92 bits per heavy atom.